The average Bonchev–Trinajstić information content (AvgIpc) is 3.10. The molecule has 0 saturated heterocycles. The van der Waals surface area contributed by atoms with Crippen LogP contribution in [0, 0.1) is 0 Å². The first-order valence-corrected chi connectivity index (χ1v) is 8.29. The largest absolute Gasteiger partial charge is 0.508 e. The second-order valence-electron chi connectivity index (χ2n) is 4.96. The third-order valence-electron chi connectivity index (χ3n) is 3.24. The summed E-state index contributed by atoms with van der Waals surface area (Å²) in [6.07, 6.45) is 0. The predicted molar refractivity (Wildman–Crippen MR) is 93.2 cm³/mol. The van der Waals surface area contributed by atoms with Crippen LogP contribution in [-0.2, 0) is 4.79 Å². The van der Waals surface area contributed by atoms with Crippen molar-refractivity contribution in [1.29, 1.82) is 0 Å². The van der Waals surface area contributed by atoms with E-state index in [0.717, 1.165) is 5.75 Å². The number of carbonyl (C=O) groups excluding carboxylic acids is 1. The molecule has 9 heteroatoms. The summed E-state index contributed by atoms with van der Waals surface area (Å²) in [5.74, 6) is 0.866. The number of methoxy groups -OCH3 is 1. The molecule has 1 aromatic heterocycles. The van der Waals surface area contributed by atoms with Crippen LogP contribution in [0.3, 0.4) is 0 Å². The number of nitrogens with zero attached hydrogens (tertiary/aromatic N) is 4. The average molecular weight is 357 g/mol. The molecule has 8 nitrogen and oxygen atoms in total. The highest BCUT2D eigenvalue weighted by atomic mass is 32.2. The number of rotatable bonds is 6. The molecule has 2 N–H and O–H groups in total. The van der Waals surface area contributed by atoms with Crippen LogP contribution >= 0.6 is 11.8 Å². The van der Waals surface area contributed by atoms with Gasteiger partial charge in [-0.25, -0.2) is 0 Å². The lowest BCUT2D eigenvalue weighted by atomic mass is 10.3. The number of nitrogens with one attached hydrogen (secondary N) is 1. The van der Waals surface area contributed by atoms with Crippen molar-refractivity contribution in [2.45, 2.75) is 5.16 Å². The number of phenols is 1. The first-order chi connectivity index (χ1) is 12.2. The van der Waals surface area contributed by atoms with Gasteiger partial charge >= 0.3 is 0 Å². The van der Waals surface area contributed by atoms with Gasteiger partial charge < -0.3 is 15.2 Å². The second kappa shape index (κ2) is 7.67. The fourth-order valence-corrected chi connectivity index (χ4v) is 2.72. The van der Waals surface area contributed by atoms with E-state index in [1.807, 2.05) is 0 Å². The number of hydrogen-bond donors (Lipinski definition) is 2. The Balaban J connectivity index is 1.61. The zero-order chi connectivity index (χ0) is 17.6. The molecule has 0 aliphatic heterocycles. The molecule has 0 unspecified atom stereocenters. The molecule has 0 atom stereocenters. The number of carbonyl (C=O) groups is 1. The molecule has 0 spiro atoms. The number of amides is 1. The smallest absolute Gasteiger partial charge is 0.234 e. The maximum atomic E-state index is 12.1. The van der Waals surface area contributed by atoms with Crippen LogP contribution in [-0.4, -0.2) is 44.1 Å². The van der Waals surface area contributed by atoms with Gasteiger partial charge in [-0.2, -0.15) is 4.68 Å². The Bertz CT molecular complexity index is 849. The molecule has 2 aromatic carbocycles. The summed E-state index contributed by atoms with van der Waals surface area (Å²) in [5, 5.41) is 24.1. The van der Waals surface area contributed by atoms with E-state index in [9.17, 15) is 9.90 Å². The zero-order valence-electron chi connectivity index (χ0n) is 13.3. The fourth-order valence-electron chi connectivity index (χ4n) is 2.03. The predicted octanol–water partition coefficient (Wildman–Crippen LogP) is 2.11. The molecule has 0 fully saturated rings. The molecule has 1 amide bonds. The third-order valence-corrected chi connectivity index (χ3v) is 4.16. The van der Waals surface area contributed by atoms with Gasteiger partial charge in [0.2, 0.25) is 11.1 Å². The van der Waals surface area contributed by atoms with Gasteiger partial charge in [0.15, 0.2) is 0 Å². The number of tetrazole rings is 1. The highest BCUT2D eigenvalue weighted by molar-refractivity contribution is 7.99. The van der Waals surface area contributed by atoms with Crippen molar-refractivity contribution in [3.8, 4) is 17.2 Å². The van der Waals surface area contributed by atoms with Gasteiger partial charge in [0, 0.05) is 5.69 Å². The lowest BCUT2D eigenvalue weighted by molar-refractivity contribution is -0.113. The van der Waals surface area contributed by atoms with Crippen LogP contribution in [0.25, 0.3) is 5.69 Å². The summed E-state index contributed by atoms with van der Waals surface area (Å²) < 4.78 is 6.58. The minimum absolute atomic E-state index is 0.157. The van der Waals surface area contributed by atoms with Crippen LogP contribution in [0.4, 0.5) is 5.69 Å². The van der Waals surface area contributed by atoms with Gasteiger partial charge in [0.25, 0.3) is 0 Å². The minimum atomic E-state index is -0.171. The molecule has 0 aliphatic carbocycles. The van der Waals surface area contributed by atoms with Gasteiger partial charge in [-0.05, 0) is 59.0 Å². The van der Waals surface area contributed by atoms with E-state index in [2.05, 4.69) is 20.8 Å². The van der Waals surface area contributed by atoms with Crippen molar-refractivity contribution in [1.82, 2.24) is 20.2 Å². The molecule has 1 heterocycles. The number of thioether (sulfide) groups is 1. The van der Waals surface area contributed by atoms with Gasteiger partial charge in [0.05, 0.1) is 18.6 Å². The number of anilines is 1. The monoisotopic (exact) mass is 357 g/mol. The Morgan fingerprint density at radius 3 is 2.60 bits per heavy atom. The van der Waals surface area contributed by atoms with Crippen molar-refractivity contribution < 1.29 is 14.6 Å². The van der Waals surface area contributed by atoms with E-state index < -0.39 is 0 Å². The van der Waals surface area contributed by atoms with Crippen LogP contribution in [0.5, 0.6) is 11.5 Å². The lowest BCUT2D eigenvalue weighted by Crippen LogP contribution is -2.14. The Morgan fingerprint density at radius 2 is 1.92 bits per heavy atom. The Hall–Kier alpha value is -3.07. The molecule has 0 aliphatic rings. The molecule has 3 rings (SSSR count). The SMILES string of the molecule is COc1ccc(NC(=O)CSc2nnnn2-c2ccc(O)cc2)cc1. The number of phenolic OH excluding ortho intramolecular Hbond substituents is 1. The van der Waals surface area contributed by atoms with E-state index in [0.29, 0.717) is 16.5 Å². The minimum Gasteiger partial charge on any atom is -0.508 e. The van der Waals surface area contributed by atoms with Crippen molar-refractivity contribution in [2.75, 3.05) is 18.2 Å². The molecule has 3 aromatic rings. The molecule has 0 bridgehead atoms. The first kappa shape index (κ1) is 16.8. The second-order valence-corrected chi connectivity index (χ2v) is 5.90. The van der Waals surface area contributed by atoms with E-state index >= 15 is 0 Å². The summed E-state index contributed by atoms with van der Waals surface area (Å²) in [5.41, 5.74) is 1.38. The molecule has 25 heavy (non-hydrogen) atoms. The standard InChI is InChI=1S/C16H15N5O3S/c1-24-14-8-2-11(3-9-14)17-15(23)10-25-16-18-19-20-21(16)12-4-6-13(22)7-5-12/h2-9,22H,10H2,1H3,(H,17,23). The van der Waals surface area contributed by atoms with Crippen molar-refractivity contribution in [3.63, 3.8) is 0 Å². The lowest BCUT2D eigenvalue weighted by Gasteiger charge is -2.06. The van der Waals surface area contributed by atoms with E-state index in [-0.39, 0.29) is 17.4 Å². The molecule has 128 valence electrons. The quantitative estimate of drug-likeness (QED) is 0.651. The van der Waals surface area contributed by atoms with Gasteiger partial charge in [-0.3, -0.25) is 4.79 Å². The van der Waals surface area contributed by atoms with Gasteiger partial charge in [-0.1, -0.05) is 11.8 Å². The third kappa shape index (κ3) is 4.27. The normalized spacial score (nSPS) is 10.4. The highest BCUT2D eigenvalue weighted by Gasteiger charge is 2.12. The van der Waals surface area contributed by atoms with Crippen molar-refractivity contribution >= 4 is 23.4 Å². The van der Waals surface area contributed by atoms with Crippen LogP contribution in [0.2, 0.25) is 0 Å². The number of ether oxygens (including phenoxy) is 1. The van der Waals surface area contributed by atoms with Crippen LogP contribution in [0.1, 0.15) is 0 Å². The molecular formula is C16H15N5O3S. The summed E-state index contributed by atoms with van der Waals surface area (Å²) in [4.78, 5) is 12.1. The zero-order valence-corrected chi connectivity index (χ0v) is 14.1. The van der Waals surface area contributed by atoms with Crippen LogP contribution in [0.15, 0.2) is 53.7 Å². The van der Waals surface area contributed by atoms with Crippen LogP contribution < -0.4 is 10.1 Å². The molecular weight excluding hydrogens is 342 g/mol. The Labute approximate surface area is 147 Å². The number of aromatic nitrogens is 4. The van der Waals surface area contributed by atoms with Crippen molar-refractivity contribution in [3.05, 3.63) is 48.5 Å². The van der Waals surface area contributed by atoms with Crippen molar-refractivity contribution in [2.24, 2.45) is 0 Å². The summed E-state index contributed by atoms with van der Waals surface area (Å²) >= 11 is 1.22. The topological polar surface area (TPSA) is 102 Å². The number of hydrogen-bond acceptors (Lipinski definition) is 7. The van der Waals surface area contributed by atoms with Gasteiger partial charge in [-0.15, -0.1) is 5.10 Å². The van der Waals surface area contributed by atoms with E-state index in [1.165, 1.54) is 16.4 Å². The van der Waals surface area contributed by atoms with E-state index in [1.54, 1.807) is 55.6 Å². The molecule has 0 radical (unpaired) electrons. The number of benzene rings is 2. The maximum absolute atomic E-state index is 12.1. The maximum Gasteiger partial charge on any atom is 0.234 e. The summed E-state index contributed by atoms with van der Waals surface area (Å²) in [6.45, 7) is 0. The Morgan fingerprint density at radius 1 is 1.20 bits per heavy atom. The fraction of sp³-hybridized carbons (Fsp3) is 0.125. The molecule has 0 saturated carbocycles. The summed E-state index contributed by atoms with van der Waals surface area (Å²) in [6, 6.07) is 13.5. The highest BCUT2D eigenvalue weighted by Crippen LogP contribution is 2.20. The van der Waals surface area contributed by atoms with E-state index in [4.69, 9.17) is 4.74 Å². The first-order valence-electron chi connectivity index (χ1n) is 7.30. The Kier molecular flexibility index (Phi) is 5.14. The summed E-state index contributed by atoms with van der Waals surface area (Å²) in [7, 11) is 1.59. The van der Waals surface area contributed by atoms with Gasteiger partial charge in [0.1, 0.15) is 11.5 Å². The number of aromatic hydroxyl groups is 1.